The largest absolute Gasteiger partial charge is 0.346 e. The molecule has 1 amide bonds. The normalized spacial score (nSPS) is 16.4. The lowest BCUT2D eigenvalue weighted by molar-refractivity contribution is 0.0939. The van der Waals surface area contributed by atoms with E-state index in [1.165, 1.54) is 22.5 Å². The standard InChI is InChI=1S/C18H20ClN3O3S/c1-13(14-6-8-20-9-7-14)21-18(23)15-4-5-16(19)17(12-15)26(24,25)22-10-2-3-11-22/h4-9,12-13H,2-3,10-11H2,1H3,(H,21,23). The molecule has 6 nitrogen and oxygen atoms in total. The number of sulfonamides is 1. The van der Waals surface area contributed by atoms with E-state index < -0.39 is 10.0 Å². The molecule has 2 heterocycles. The Bertz CT molecular complexity index is 897. The van der Waals surface area contributed by atoms with Crippen molar-refractivity contribution in [2.24, 2.45) is 0 Å². The van der Waals surface area contributed by atoms with Crippen molar-refractivity contribution in [3.8, 4) is 0 Å². The van der Waals surface area contributed by atoms with Gasteiger partial charge in [-0.25, -0.2) is 8.42 Å². The molecular formula is C18H20ClN3O3S. The second-order valence-electron chi connectivity index (χ2n) is 6.23. The van der Waals surface area contributed by atoms with E-state index in [0.29, 0.717) is 13.1 Å². The molecule has 2 aromatic rings. The lowest BCUT2D eigenvalue weighted by atomic mass is 10.1. The number of nitrogens with one attached hydrogen (secondary N) is 1. The van der Waals surface area contributed by atoms with Crippen molar-refractivity contribution in [3.05, 3.63) is 58.9 Å². The van der Waals surface area contributed by atoms with Crippen LogP contribution in [0.15, 0.2) is 47.6 Å². The Hall–Kier alpha value is -1.96. The van der Waals surface area contributed by atoms with Gasteiger partial charge in [-0.15, -0.1) is 0 Å². The highest BCUT2D eigenvalue weighted by atomic mass is 35.5. The summed E-state index contributed by atoms with van der Waals surface area (Å²) in [6.45, 7) is 2.81. The lowest BCUT2D eigenvalue weighted by Gasteiger charge is -2.18. The molecule has 1 unspecified atom stereocenters. The number of aromatic nitrogens is 1. The number of pyridine rings is 1. The van der Waals surface area contributed by atoms with Crippen LogP contribution in [0.1, 0.15) is 41.7 Å². The molecule has 0 spiro atoms. The van der Waals surface area contributed by atoms with Crippen LogP contribution in [0.5, 0.6) is 0 Å². The molecule has 1 fully saturated rings. The highest BCUT2D eigenvalue weighted by Gasteiger charge is 2.29. The van der Waals surface area contributed by atoms with Gasteiger partial charge in [0, 0.05) is 31.0 Å². The highest BCUT2D eigenvalue weighted by Crippen LogP contribution is 2.28. The maximum Gasteiger partial charge on any atom is 0.251 e. The minimum absolute atomic E-state index is 0.0229. The van der Waals surface area contributed by atoms with Gasteiger partial charge in [0.25, 0.3) is 5.91 Å². The van der Waals surface area contributed by atoms with E-state index in [9.17, 15) is 13.2 Å². The van der Waals surface area contributed by atoms with Gasteiger partial charge in [-0.2, -0.15) is 4.31 Å². The fourth-order valence-electron chi connectivity index (χ4n) is 2.93. The molecule has 0 bridgehead atoms. The van der Waals surface area contributed by atoms with Crippen LogP contribution in [-0.2, 0) is 10.0 Å². The third-order valence-corrected chi connectivity index (χ3v) is 6.81. The second-order valence-corrected chi connectivity index (χ2v) is 8.55. The van der Waals surface area contributed by atoms with E-state index in [0.717, 1.165) is 18.4 Å². The second kappa shape index (κ2) is 7.73. The smallest absolute Gasteiger partial charge is 0.251 e. The molecule has 138 valence electrons. The lowest BCUT2D eigenvalue weighted by Crippen LogP contribution is -2.29. The summed E-state index contributed by atoms with van der Waals surface area (Å²) in [7, 11) is -3.69. The first-order valence-electron chi connectivity index (χ1n) is 8.40. The number of hydrogen-bond donors (Lipinski definition) is 1. The molecule has 0 aliphatic carbocycles. The van der Waals surface area contributed by atoms with Crippen molar-refractivity contribution < 1.29 is 13.2 Å². The predicted octanol–water partition coefficient (Wildman–Crippen LogP) is 3.01. The van der Waals surface area contributed by atoms with Gasteiger partial charge < -0.3 is 5.32 Å². The van der Waals surface area contributed by atoms with Crippen LogP contribution in [0.4, 0.5) is 0 Å². The van der Waals surface area contributed by atoms with Gasteiger partial charge in [-0.05, 0) is 55.7 Å². The maximum atomic E-state index is 12.8. The van der Waals surface area contributed by atoms with Crippen molar-refractivity contribution in [3.63, 3.8) is 0 Å². The molecular weight excluding hydrogens is 374 g/mol. The summed E-state index contributed by atoms with van der Waals surface area (Å²) in [5.41, 5.74) is 1.17. The van der Waals surface area contributed by atoms with Crippen molar-refractivity contribution >= 4 is 27.5 Å². The highest BCUT2D eigenvalue weighted by molar-refractivity contribution is 7.89. The number of benzene rings is 1. The zero-order chi connectivity index (χ0) is 18.7. The Morgan fingerprint density at radius 1 is 1.19 bits per heavy atom. The molecule has 1 aromatic carbocycles. The number of halogens is 1. The molecule has 0 radical (unpaired) electrons. The summed E-state index contributed by atoms with van der Waals surface area (Å²) >= 11 is 6.12. The van der Waals surface area contributed by atoms with Gasteiger partial charge >= 0.3 is 0 Å². The Balaban J connectivity index is 1.84. The Morgan fingerprint density at radius 2 is 1.85 bits per heavy atom. The summed E-state index contributed by atoms with van der Waals surface area (Å²) in [6, 6.07) is 7.73. The third-order valence-electron chi connectivity index (χ3n) is 4.43. The maximum absolute atomic E-state index is 12.8. The fraction of sp³-hybridized carbons (Fsp3) is 0.333. The average molecular weight is 394 g/mol. The van der Waals surface area contributed by atoms with Gasteiger partial charge in [0.05, 0.1) is 11.1 Å². The predicted molar refractivity (Wildman–Crippen MR) is 99.6 cm³/mol. The summed E-state index contributed by atoms with van der Waals surface area (Å²) in [4.78, 5) is 16.5. The number of carbonyl (C=O) groups excluding carboxylic acids is 1. The zero-order valence-electron chi connectivity index (χ0n) is 14.4. The molecule has 1 atom stereocenters. The van der Waals surface area contributed by atoms with E-state index in [1.54, 1.807) is 12.4 Å². The number of rotatable bonds is 5. The minimum atomic E-state index is -3.69. The van der Waals surface area contributed by atoms with Crippen LogP contribution in [0, 0.1) is 0 Å². The fourth-order valence-corrected chi connectivity index (χ4v) is 4.94. The van der Waals surface area contributed by atoms with E-state index in [-0.39, 0.29) is 27.4 Å². The number of nitrogens with zero attached hydrogens (tertiary/aromatic N) is 2. The molecule has 1 saturated heterocycles. The molecule has 0 saturated carbocycles. The number of hydrogen-bond acceptors (Lipinski definition) is 4. The van der Waals surface area contributed by atoms with E-state index in [2.05, 4.69) is 10.3 Å². The molecule has 1 aliphatic heterocycles. The van der Waals surface area contributed by atoms with Gasteiger partial charge in [-0.3, -0.25) is 9.78 Å². The summed E-state index contributed by atoms with van der Waals surface area (Å²) in [6.07, 6.45) is 4.98. The first-order valence-corrected chi connectivity index (χ1v) is 10.2. The quantitative estimate of drug-likeness (QED) is 0.846. The first kappa shape index (κ1) is 18.8. The van der Waals surface area contributed by atoms with Crippen molar-refractivity contribution in [1.82, 2.24) is 14.6 Å². The topological polar surface area (TPSA) is 79.4 Å². The number of carbonyl (C=O) groups is 1. The zero-order valence-corrected chi connectivity index (χ0v) is 15.9. The Labute approximate surface area is 158 Å². The monoisotopic (exact) mass is 393 g/mol. The molecule has 1 aromatic heterocycles. The molecule has 3 rings (SSSR count). The Morgan fingerprint density at radius 3 is 2.50 bits per heavy atom. The van der Waals surface area contributed by atoms with Gasteiger partial charge in [0.1, 0.15) is 4.90 Å². The van der Waals surface area contributed by atoms with E-state index in [1.807, 2.05) is 19.1 Å². The summed E-state index contributed by atoms with van der Waals surface area (Å²) < 4.78 is 27.0. The summed E-state index contributed by atoms with van der Waals surface area (Å²) in [5.74, 6) is -0.358. The first-order chi connectivity index (χ1) is 12.4. The van der Waals surface area contributed by atoms with Crippen LogP contribution in [0.3, 0.4) is 0 Å². The van der Waals surface area contributed by atoms with Crippen molar-refractivity contribution in [2.45, 2.75) is 30.7 Å². The Kier molecular flexibility index (Phi) is 5.60. The molecule has 1 N–H and O–H groups in total. The summed E-state index contributed by atoms with van der Waals surface area (Å²) in [5, 5.41) is 2.98. The molecule has 1 aliphatic rings. The molecule has 26 heavy (non-hydrogen) atoms. The van der Waals surface area contributed by atoms with Gasteiger partial charge in [0.2, 0.25) is 10.0 Å². The minimum Gasteiger partial charge on any atom is -0.346 e. The van der Waals surface area contributed by atoms with Crippen molar-refractivity contribution in [1.29, 1.82) is 0 Å². The third kappa shape index (κ3) is 3.90. The van der Waals surface area contributed by atoms with E-state index >= 15 is 0 Å². The average Bonchev–Trinajstić information content (AvgIpc) is 3.18. The van der Waals surface area contributed by atoms with Gasteiger partial charge in [0.15, 0.2) is 0 Å². The van der Waals surface area contributed by atoms with Crippen LogP contribution in [0.25, 0.3) is 0 Å². The SMILES string of the molecule is CC(NC(=O)c1ccc(Cl)c(S(=O)(=O)N2CCCC2)c1)c1ccncc1. The van der Waals surface area contributed by atoms with Crippen LogP contribution >= 0.6 is 11.6 Å². The number of amides is 1. The van der Waals surface area contributed by atoms with E-state index in [4.69, 9.17) is 11.6 Å². The van der Waals surface area contributed by atoms with Crippen LogP contribution in [-0.4, -0.2) is 36.7 Å². The van der Waals surface area contributed by atoms with Crippen molar-refractivity contribution in [2.75, 3.05) is 13.1 Å². The van der Waals surface area contributed by atoms with Crippen LogP contribution in [0.2, 0.25) is 5.02 Å². The van der Waals surface area contributed by atoms with Crippen LogP contribution < -0.4 is 5.32 Å². The molecule has 8 heteroatoms. The van der Waals surface area contributed by atoms with Gasteiger partial charge in [-0.1, -0.05) is 11.6 Å².